The number of hydrogen-bond donors (Lipinski definition) is 1. The van der Waals surface area contributed by atoms with Crippen molar-refractivity contribution in [1.82, 2.24) is 5.32 Å². The molecular formula is C35H36ClNO7. The van der Waals surface area contributed by atoms with Gasteiger partial charge in [0.1, 0.15) is 11.9 Å². The zero-order valence-corrected chi connectivity index (χ0v) is 26.1. The van der Waals surface area contributed by atoms with E-state index in [2.05, 4.69) is 23.1 Å². The van der Waals surface area contributed by atoms with E-state index in [1.165, 1.54) is 7.11 Å². The Morgan fingerprint density at radius 2 is 1.86 bits per heavy atom. The van der Waals surface area contributed by atoms with Crippen LogP contribution in [-0.4, -0.2) is 56.9 Å². The minimum atomic E-state index is -1.20. The number of aryl methyl sites for hydroxylation is 1. The highest BCUT2D eigenvalue weighted by molar-refractivity contribution is 6.33. The van der Waals surface area contributed by atoms with Crippen LogP contribution in [0.2, 0.25) is 5.02 Å². The second-order valence-electron chi connectivity index (χ2n) is 11.1. The van der Waals surface area contributed by atoms with Crippen molar-refractivity contribution in [3.05, 3.63) is 75.8 Å². The van der Waals surface area contributed by atoms with E-state index in [0.717, 1.165) is 16.9 Å². The van der Waals surface area contributed by atoms with E-state index < -0.39 is 23.6 Å². The maximum Gasteiger partial charge on any atom is 0.220 e. The molecule has 2 aliphatic heterocycles. The van der Waals surface area contributed by atoms with Gasteiger partial charge in [-0.25, -0.2) is 0 Å². The third kappa shape index (κ3) is 6.60. The summed E-state index contributed by atoms with van der Waals surface area (Å²) in [5.41, 5.74) is 1.85. The largest absolute Gasteiger partial charge is 0.497 e. The Labute approximate surface area is 263 Å². The monoisotopic (exact) mass is 617 g/mol. The molecule has 230 valence electrons. The van der Waals surface area contributed by atoms with Crippen LogP contribution < -0.4 is 19.5 Å². The molecule has 0 aromatic heterocycles. The third-order valence-electron chi connectivity index (χ3n) is 7.73. The van der Waals surface area contributed by atoms with Crippen molar-refractivity contribution in [3.63, 3.8) is 0 Å². The van der Waals surface area contributed by atoms with E-state index >= 15 is 0 Å². The van der Waals surface area contributed by atoms with Crippen LogP contribution in [0, 0.1) is 24.2 Å². The molecule has 0 unspecified atom stereocenters. The Kier molecular flexibility index (Phi) is 9.58. The molecule has 3 atom stereocenters. The quantitative estimate of drug-likeness (QED) is 0.448. The van der Waals surface area contributed by atoms with Crippen LogP contribution in [0.3, 0.4) is 0 Å². The van der Waals surface area contributed by atoms with E-state index in [1.807, 2.05) is 56.3 Å². The van der Waals surface area contributed by atoms with Gasteiger partial charge in [0, 0.05) is 24.1 Å². The molecule has 2 heterocycles. The highest BCUT2D eigenvalue weighted by Crippen LogP contribution is 2.51. The van der Waals surface area contributed by atoms with Gasteiger partial charge in [-0.3, -0.25) is 4.79 Å². The van der Waals surface area contributed by atoms with E-state index in [-0.39, 0.29) is 31.2 Å². The van der Waals surface area contributed by atoms with Crippen molar-refractivity contribution < 1.29 is 33.2 Å². The van der Waals surface area contributed by atoms with Crippen molar-refractivity contribution in [2.45, 2.75) is 63.3 Å². The first-order chi connectivity index (χ1) is 21.2. The lowest BCUT2D eigenvalue weighted by Gasteiger charge is -2.35. The van der Waals surface area contributed by atoms with Crippen LogP contribution in [0.15, 0.2) is 59.7 Å². The van der Waals surface area contributed by atoms with Gasteiger partial charge in [-0.05, 0) is 56.0 Å². The molecule has 2 aromatic rings. The van der Waals surface area contributed by atoms with Crippen LogP contribution in [0.4, 0.5) is 0 Å². The lowest BCUT2D eigenvalue weighted by atomic mass is 9.87. The number of benzene rings is 2. The van der Waals surface area contributed by atoms with Crippen LogP contribution in [0.5, 0.6) is 17.2 Å². The molecule has 8 nitrogen and oxygen atoms in total. The molecule has 2 bridgehead atoms. The summed E-state index contributed by atoms with van der Waals surface area (Å²) in [5, 5.41) is 3.26. The first kappa shape index (κ1) is 31.5. The van der Waals surface area contributed by atoms with Crippen molar-refractivity contribution in [2.75, 3.05) is 27.4 Å². The van der Waals surface area contributed by atoms with Crippen molar-refractivity contribution in [1.29, 1.82) is 0 Å². The zero-order chi connectivity index (χ0) is 31.3. The van der Waals surface area contributed by atoms with Crippen LogP contribution in [-0.2, 0) is 32.0 Å². The summed E-state index contributed by atoms with van der Waals surface area (Å²) in [6, 6.07) is 11.2. The predicted octanol–water partition coefficient (Wildman–Crippen LogP) is 5.17. The molecule has 0 saturated carbocycles. The number of methoxy groups -OCH3 is 2. The van der Waals surface area contributed by atoms with E-state index in [1.54, 1.807) is 13.2 Å². The predicted molar refractivity (Wildman–Crippen MR) is 167 cm³/mol. The lowest BCUT2D eigenvalue weighted by Crippen LogP contribution is -2.52. The number of terminal acetylenes is 1. The third-order valence-corrected chi connectivity index (χ3v) is 8.14. The summed E-state index contributed by atoms with van der Waals surface area (Å²) >= 11 is 6.84. The summed E-state index contributed by atoms with van der Waals surface area (Å²) in [7, 11) is 3.15. The molecule has 5 rings (SSSR count). The molecule has 0 radical (unpaired) electrons. The van der Waals surface area contributed by atoms with Gasteiger partial charge < -0.3 is 33.7 Å². The number of halogens is 1. The highest BCUT2D eigenvalue weighted by atomic mass is 35.5. The minimum absolute atomic E-state index is 0.130. The Morgan fingerprint density at radius 1 is 1.07 bits per heavy atom. The molecule has 3 aliphatic rings. The van der Waals surface area contributed by atoms with Gasteiger partial charge in [0.2, 0.25) is 5.91 Å². The highest BCUT2D eigenvalue weighted by Gasteiger charge is 2.62. The Balaban J connectivity index is 1.50. The summed E-state index contributed by atoms with van der Waals surface area (Å²) in [6.07, 6.45) is 9.71. The first-order valence-corrected chi connectivity index (χ1v) is 14.8. The Bertz CT molecular complexity index is 1560. The topological polar surface area (TPSA) is 84.5 Å². The lowest BCUT2D eigenvalue weighted by molar-refractivity contribution is -0.166. The standard InChI is InChI=1S/C35H36ClNO7/c1-6-29-35-26(13-17-30(35)43-34(2,3)44-35)12-7-24(22-41-21-23-8-14-27(39-4)15-9-23)19-20-37-31(38)18-11-25-10-16-28(40-5)33(42-29)32(25)36/h1,8-10,13-16,19,29-30H,11,17-18,20-22H2,2-5H3,(H,37,38)/b24-19+/t29-,30-,35-/m1/s1. The summed E-state index contributed by atoms with van der Waals surface area (Å²) in [5.74, 6) is 9.71. The van der Waals surface area contributed by atoms with E-state index in [9.17, 15) is 4.79 Å². The molecular weight excluding hydrogens is 582 g/mol. The number of fused-ring (bicyclic) bond motifs is 2. The number of hydrogen-bond acceptors (Lipinski definition) is 7. The zero-order valence-electron chi connectivity index (χ0n) is 25.3. The molecule has 1 amide bonds. The van der Waals surface area contributed by atoms with Crippen molar-refractivity contribution in [3.8, 4) is 41.4 Å². The Morgan fingerprint density at radius 3 is 2.59 bits per heavy atom. The number of amides is 1. The van der Waals surface area contributed by atoms with Gasteiger partial charge in [-0.2, -0.15) is 0 Å². The SMILES string of the molecule is C#C[C@H]1Oc2c(OC)ccc(c2Cl)CCC(=O)NC/C=C(/COCc2ccc(OC)cc2)C#CC2=CC[C@H]3OC(C)(C)O[C@]213. The molecule has 44 heavy (non-hydrogen) atoms. The maximum absolute atomic E-state index is 12.7. The number of ether oxygens (including phenoxy) is 6. The fourth-order valence-corrected chi connectivity index (χ4v) is 5.89. The molecule has 1 saturated heterocycles. The molecule has 1 aliphatic carbocycles. The number of carbonyl (C=O) groups is 1. The van der Waals surface area contributed by atoms with Crippen LogP contribution >= 0.6 is 11.6 Å². The minimum Gasteiger partial charge on any atom is -0.497 e. The number of nitrogens with one attached hydrogen (secondary N) is 1. The van der Waals surface area contributed by atoms with Gasteiger partial charge in [-0.15, -0.1) is 6.42 Å². The normalized spacial score (nSPS) is 25.4. The van der Waals surface area contributed by atoms with Crippen molar-refractivity contribution >= 4 is 17.5 Å². The number of carbonyl (C=O) groups excluding carboxylic acids is 1. The summed E-state index contributed by atoms with van der Waals surface area (Å²) < 4.78 is 36.2. The van der Waals surface area contributed by atoms with Gasteiger partial charge >= 0.3 is 0 Å². The average molecular weight is 618 g/mol. The van der Waals surface area contributed by atoms with Crippen molar-refractivity contribution in [2.24, 2.45) is 0 Å². The molecule has 1 fully saturated rings. The summed E-state index contributed by atoms with van der Waals surface area (Å²) in [4.78, 5) is 12.7. The molecule has 1 N–H and O–H groups in total. The Hall–Kier alpha value is -3.92. The van der Waals surface area contributed by atoms with Gasteiger partial charge in [0.05, 0.1) is 32.5 Å². The first-order valence-electron chi connectivity index (χ1n) is 14.4. The summed E-state index contributed by atoms with van der Waals surface area (Å²) in [6.45, 7) is 4.57. The second-order valence-corrected chi connectivity index (χ2v) is 11.5. The van der Waals surface area contributed by atoms with Crippen LogP contribution in [0.1, 0.15) is 37.8 Å². The fourth-order valence-electron chi connectivity index (χ4n) is 5.60. The number of rotatable bonds is 6. The average Bonchev–Trinajstić information content (AvgIpc) is 3.48. The fraction of sp³-hybridized carbons (Fsp3) is 0.400. The van der Waals surface area contributed by atoms with Gasteiger partial charge in [0.25, 0.3) is 0 Å². The second kappa shape index (κ2) is 13.4. The van der Waals surface area contributed by atoms with Gasteiger partial charge in [0.15, 0.2) is 29.0 Å². The molecule has 9 heteroatoms. The van der Waals surface area contributed by atoms with E-state index in [4.69, 9.17) is 46.4 Å². The van der Waals surface area contributed by atoms with Gasteiger partial charge in [-0.1, -0.05) is 59.7 Å². The van der Waals surface area contributed by atoms with Crippen LogP contribution in [0.25, 0.3) is 0 Å². The smallest absolute Gasteiger partial charge is 0.220 e. The van der Waals surface area contributed by atoms with E-state index in [0.29, 0.717) is 41.4 Å². The molecule has 2 aromatic carbocycles. The maximum atomic E-state index is 12.7. The molecule has 1 spiro atoms.